The topological polar surface area (TPSA) is 55.8 Å². The van der Waals surface area contributed by atoms with Crippen LogP contribution < -0.4 is 9.47 Å². The molecule has 1 N–H and O–H groups in total. The van der Waals surface area contributed by atoms with E-state index in [1.54, 1.807) is 0 Å². The minimum absolute atomic E-state index is 0.109. The van der Waals surface area contributed by atoms with Gasteiger partial charge in [0.1, 0.15) is 0 Å². The van der Waals surface area contributed by atoms with Crippen molar-refractivity contribution >= 4 is 21.9 Å². The fourth-order valence-corrected chi connectivity index (χ4v) is 2.18. The fraction of sp³-hybridized carbons (Fsp3) is 0.417. The first-order valence-electron chi connectivity index (χ1n) is 5.46. The second kappa shape index (κ2) is 5.40. The molecule has 1 aromatic carbocycles. The number of hydrogen-bond donors (Lipinski definition) is 1. The van der Waals surface area contributed by atoms with Gasteiger partial charge in [0.05, 0.1) is 13.2 Å². The van der Waals surface area contributed by atoms with Crippen LogP contribution in [0.1, 0.15) is 18.4 Å². The number of carboxylic acid groups (broad SMARTS) is 1. The molecule has 0 aliphatic carbocycles. The third kappa shape index (κ3) is 3.12. The number of benzene rings is 1. The molecule has 1 aromatic rings. The molecular formula is C12H13BrO4. The van der Waals surface area contributed by atoms with Gasteiger partial charge in [-0.3, -0.25) is 4.79 Å². The molecule has 0 saturated heterocycles. The molecular weight excluding hydrogens is 288 g/mol. The number of rotatable bonds is 3. The van der Waals surface area contributed by atoms with Crippen molar-refractivity contribution < 1.29 is 19.4 Å². The number of hydrogen-bond acceptors (Lipinski definition) is 3. The van der Waals surface area contributed by atoms with Crippen LogP contribution in [-0.4, -0.2) is 24.3 Å². The first-order valence-corrected chi connectivity index (χ1v) is 6.26. The summed E-state index contributed by atoms with van der Waals surface area (Å²) < 4.78 is 12.0. The average molecular weight is 301 g/mol. The quantitative estimate of drug-likeness (QED) is 0.932. The number of halogens is 1. The lowest BCUT2D eigenvalue weighted by molar-refractivity contribution is -0.136. The van der Waals surface area contributed by atoms with Crippen molar-refractivity contribution in [3.8, 4) is 11.5 Å². The summed E-state index contributed by atoms with van der Waals surface area (Å²) in [6.07, 6.45) is 1.45. The van der Waals surface area contributed by atoms with Crippen LogP contribution in [0, 0.1) is 0 Å². The van der Waals surface area contributed by atoms with Gasteiger partial charge in [-0.15, -0.1) is 0 Å². The Morgan fingerprint density at radius 2 is 1.94 bits per heavy atom. The van der Waals surface area contributed by atoms with Crippen molar-refractivity contribution in [2.75, 3.05) is 13.2 Å². The zero-order valence-corrected chi connectivity index (χ0v) is 10.8. The van der Waals surface area contributed by atoms with Gasteiger partial charge in [0.15, 0.2) is 11.5 Å². The maximum Gasteiger partial charge on any atom is 0.303 e. The predicted octanol–water partition coefficient (Wildman–Crippen LogP) is 2.63. The number of ether oxygens (including phenoxy) is 2. The van der Waals surface area contributed by atoms with Crippen LogP contribution in [0.15, 0.2) is 16.6 Å². The van der Waals surface area contributed by atoms with Crippen LogP contribution in [-0.2, 0) is 11.2 Å². The van der Waals surface area contributed by atoms with E-state index in [4.69, 9.17) is 14.6 Å². The minimum Gasteiger partial charge on any atom is -0.490 e. The molecule has 1 aliphatic heterocycles. The summed E-state index contributed by atoms with van der Waals surface area (Å²) >= 11 is 3.42. The van der Waals surface area contributed by atoms with E-state index in [0.717, 1.165) is 16.5 Å². The molecule has 1 heterocycles. The van der Waals surface area contributed by atoms with Crippen molar-refractivity contribution in [3.05, 3.63) is 22.2 Å². The maximum atomic E-state index is 10.6. The van der Waals surface area contributed by atoms with Gasteiger partial charge in [0.25, 0.3) is 0 Å². The highest BCUT2D eigenvalue weighted by Gasteiger charge is 2.14. The van der Waals surface area contributed by atoms with Gasteiger partial charge in [-0.05, 0) is 24.1 Å². The summed E-state index contributed by atoms with van der Waals surface area (Å²) in [6, 6.07) is 3.70. The van der Waals surface area contributed by atoms with E-state index in [2.05, 4.69) is 15.9 Å². The van der Waals surface area contributed by atoms with E-state index in [0.29, 0.717) is 31.1 Å². The normalized spacial score (nSPS) is 14.2. The van der Waals surface area contributed by atoms with Gasteiger partial charge >= 0.3 is 5.97 Å². The monoisotopic (exact) mass is 300 g/mol. The number of aryl methyl sites for hydroxylation is 1. The summed E-state index contributed by atoms with van der Waals surface area (Å²) in [7, 11) is 0. The van der Waals surface area contributed by atoms with E-state index in [1.165, 1.54) is 0 Å². The van der Waals surface area contributed by atoms with Crippen molar-refractivity contribution in [3.63, 3.8) is 0 Å². The lowest BCUT2D eigenvalue weighted by atomic mass is 10.1. The van der Waals surface area contributed by atoms with E-state index in [9.17, 15) is 4.79 Å². The molecule has 1 aliphatic rings. The molecule has 2 rings (SSSR count). The van der Waals surface area contributed by atoms with Crippen molar-refractivity contribution in [2.24, 2.45) is 0 Å². The summed E-state index contributed by atoms with van der Waals surface area (Å²) in [4.78, 5) is 10.6. The number of aliphatic carboxylic acids is 1. The molecule has 0 radical (unpaired) electrons. The van der Waals surface area contributed by atoms with Crippen LogP contribution in [0.3, 0.4) is 0 Å². The average Bonchev–Trinajstić information content (AvgIpc) is 2.50. The highest BCUT2D eigenvalue weighted by molar-refractivity contribution is 9.10. The third-order valence-corrected chi connectivity index (χ3v) is 3.26. The number of carbonyl (C=O) groups is 1. The Bertz CT molecular complexity index is 431. The Balaban J connectivity index is 2.22. The first-order chi connectivity index (χ1) is 8.16. The van der Waals surface area contributed by atoms with E-state index in [1.807, 2.05) is 12.1 Å². The molecule has 5 heteroatoms. The Morgan fingerprint density at radius 3 is 2.59 bits per heavy atom. The Labute approximate surface area is 108 Å². The van der Waals surface area contributed by atoms with Crippen molar-refractivity contribution in [1.29, 1.82) is 0 Å². The SMILES string of the molecule is O=C(O)CCc1cc2c(cc1Br)OCCCO2. The lowest BCUT2D eigenvalue weighted by Gasteiger charge is -2.11. The second-order valence-corrected chi connectivity index (χ2v) is 4.69. The summed E-state index contributed by atoms with van der Waals surface area (Å²) in [5.41, 5.74) is 0.927. The number of fused-ring (bicyclic) bond motifs is 1. The molecule has 0 spiro atoms. The molecule has 0 unspecified atom stereocenters. The van der Waals surface area contributed by atoms with Gasteiger partial charge < -0.3 is 14.6 Å². The standard InChI is InChI=1S/C12H13BrO4/c13-9-7-11-10(16-4-1-5-17-11)6-8(9)2-3-12(14)15/h6-7H,1-5H2,(H,14,15). The molecule has 92 valence electrons. The summed E-state index contributed by atoms with van der Waals surface area (Å²) in [5.74, 6) is 0.614. The first kappa shape index (κ1) is 12.2. The highest BCUT2D eigenvalue weighted by Crippen LogP contribution is 2.35. The van der Waals surface area contributed by atoms with E-state index in [-0.39, 0.29) is 6.42 Å². The van der Waals surface area contributed by atoms with Gasteiger partial charge in [0, 0.05) is 17.3 Å². The highest BCUT2D eigenvalue weighted by atomic mass is 79.9. The van der Waals surface area contributed by atoms with Crippen LogP contribution in [0.2, 0.25) is 0 Å². The van der Waals surface area contributed by atoms with Crippen LogP contribution in [0.25, 0.3) is 0 Å². The van der Waals surface area contributed by atoms with Crippen molar-refractivity contribution in [2.45, 2.75) is 19.3 Å². The van der Waals surface area contributed by atoms with E-state index >= 15 is 0 Å². The molecule has 0 atom stereocenters. The molecule has 0 aromatic heterocycles. The molecule has 0 amide bonds. The van der Waals surface area contributed by atoms with E-state index < -0.39 is 5.97 Å². The Morgan fingerprint density at radius 1 is 1.29 bits per heavy atom. The largest absolute Gasteiger partial charge is 0.490 e. The summed E-state index contributed by atoms with van der Waals surface area (Å²) in [6.45, 7) is 1.28. The molecule has 4 nitrogen and oxygen atoms in total. The van der Waals surface area contributed by atoms with Gasteiger partial charge in [-0.25, -0.2) is 0 Å². The van der Waals surface area contributed by atoms with Crippen molar-refractivity contribution in [1.82, 2.24) is 0 Å². The zero-order valence-electron chi connectivity index (χ0n) is 9.24. The van der Waals surface area contributed by atoms with Gasteiger partial charge in [-0.2, -0.15) is 0 Å². The third-order valence-electron chi connectivity index (χ3n) is 2.52. The minimum atomic E-state index is -0.802. The Kier molecular flexibility index (Phi) is 3.89. The maximum absolute atomic E-state index is 10.6. The molecule has 0 saturated carbocycles. The predicted molar refractivity (Wildman–Crippen MR) is 65.7 cm³/mol. The van der Waals surface area contributed by atoms with Gasteiger partial charge in [0.2, 0.25) is 0 Å². The molecule has 17 heavy (non-hydrogen) atoms. The Hall–Kier alpha value is -1.23. The summed E-state index contributed by atoms with van der Waals surface area (Å²) in [5, 5.41) is 8.68. The second-order valence-electron chi connectivity index (χ2n) is 3.83. The molecule has 0 fully saturated rings. The smallest absolute Gasteiger partial charge is 0.303 e. The fourth-order valence-electron chi connectivity index (χ4n) is 1.66. The lowest BCUT2D eigenvalue weighted by Crippen LogP contribution is -1.99. The zero-order chi connectivity index (χ0) is 12.3. The number of carboxylic acids is 1. The van der Waals surface area contributed by atoms with Crippen LogP contribution in [0.5, 0.6) is 11.5 Å². The molecule has 0 bridgehead atoms. The van der Waals surface area contributed by atoms with Crippen LogP contribution in [0.4, 0.5) is 0 Å². The van der Waals surface area contributed by atoms with Gasteiger partial charge in [-0.1, -0.05) is 15.9 Å². The van der Waals surface area contributed by atoms with Crippen LogP contribution >= 0.6 is 15.9 Å².